The maximum Gasteiger partial charge on any atom is 0.220 e. The Balaban J connectivity index is 1.59. The van der Waals surface area contributed by atoms with Gasteiger partial charge in [0, 0.05) is 6.42 Å². The fourth-order valence-electron chi connectivity index (χ4n) is 8.57. The van der Waals surface area contributed by atoms with Gasteiger partial charge >= 0.3 is 0 Å². The van der Waals surface area contributed by atoms with Crippen molar-refractivity contribution in [3.05, 3.63) is 72.9 Å². The molecule has 0 aliphatic carbocycles. The predicted molar refractivity (Wildman–Crippen MR) is 272 cm³/mol. The maximum atomic E-state index is 13.2. The van der Waals surface area contributed by atoms with Crippen LogP contribution in [0.3, 0.4) is 0 Å². The Labute approximate surface area is 432 Å². The van der Waals surface area contributed by atoms with Crippen molar-refractivity contribution in [1.82, 2.24) is 5.32 Å². The molecule has 3 saturated heterocycles. The molecule has 0 aromatic rings. The quantitative estimate of drug-likeness (QED) is 0.0317. The first-order chi connectivity index (χ1) is 35.3. The molecule has 73 heavy (non-hydrogen) atoms. The van der Waals surface area contributed by atoms with Crippen LogP contribution >= 0.6 is 0 Å². The molecule has 3 fully saturated rings. The van der Waals surface area contributed by atoms with Gasteiger partial charge in [-0.3, -0.25) is 4.79 Å². The predicted octanol–water partition coefficient (Wildman–Crippen LogP) is 2.70. The minimum absolute atomic E-state index is 0.110. The fourth-order valence-corrected chi connectivity index (χ4v) is 8.57. The van der Waals surface area contributed by atoms with Gasteiger partial charge in [0.1, 0.15) is 73.2 Å². The lowest BCUT2D eigenvalue weighted by atomic mass is 9.96. The third kappa shape index (κ3) is 23.2. The highest BCUT2D eigenvalue weighted by Crippen LogP contribution is 2.33. The second kappa shape index (κ2) is 37.9. The standard InChI is InChI=1S/C54H91NO18/c1-3-5-7-9-11-13-15-17-18-20-21-23-25-27-29-31-38(59)37(55-42(60)32-30-28-26-24-22-19-16-14-12-10-8-6-4-2)36-68-52-48(66)45(63)50(40(34-57)70-52)73-54-49(67)46(64)51(41(35-58)71-54)72-53-47(65)44(62)43(61)39(33-56)69-53/h6,8,12,14,19,21-23,26,28-29,31,37-41,43-54,56-59,61-67H,3-5,7,9-11,13,15-18,20,24-25,27,30,32-36H2,1-2H3,(H,55,60)/b8-6-,14-12-,22-19-,23-21+,28-26-,31-29+. The van der Waals surface area contributed by atoms with Crippen LogP contribution in [0.15, 0.2) is 72.9 Å². The van der Waals surface area contributed by atoms with Crippen LogP contribution in [0.4, 0.5) is 0 Å². The van der Waals surface area contributed by atoms with Crippen molar-refractivity contribution in [3.8, 4) is 0 Å². The van der Waals surface area contributed by atoms with E-state index in [1.807, 2.05) is 18.2 Å². The molecule has 3 aliphatic heterocycles. The summed E-state index contributed by atoms with van der Waals surface area (Å²) in [5.74, 6) is -0.370. The van der Waals surface area contributed by atoms with Crippen LogP contribution < -0.4 is 5.32 Å². The van der Waals surface area contributed by atoms with Crippen molar-refractivity contribution < 1.29 is 89.4 Å². The zero-order valence-corrected chi connectivity index (χ0v) is 43.1. The Morgan fingerprint density at radius 2 is 0.959 bits per heavy atom. The molecule has 3 rings (SSSR count). The largest absolute Gasteiger partial charge is 0.394 e. The number of amides is 1. The van der Waals surface area contributed by atoms with E-state index in [2.05, 4.69) is 67.8 Å². The van der Waals surface area contributed by atoms with Crippen molar-refractivity contribution in [1.29, 1.82) is 0 Å². The SMILES string of the molecule is CC/C=C\C/C=C\C/C=C\C/C=C\CCC(=O)NC(COC1OC(CO)C(OC2OC(CO)C(OC3OC(CO)C(O)C(O)C3O)C(O)C2O)C(O)C1O)C(O)/C=C/CC/C=C/CCCCCCCCCCC. The number of carbonyl (C=O) groups is 1. The van der Waals surface area contributed by atoms with Gasteiger partial charge in [0.05, 0.1) is 38.6 Å². The van der Waals surface area contributed by atoms with Gasteiger partial charge in [0.15, 0.2) is 18.9 Å². The Kier molecular flexibility index (Phi) is 33.5. The smallest absolute Gasteiger partial charge is 0.220 e. The number of aliphatic hydroxyl groups excluding tert-OH is 11. The van der Waals surface area contributed by atoms with E-state index in [0.29, 0.717) is 19.3 Å². The average Bonchev–Trinajstić information content (AvgIpc) is 3.39. The lowest BCUT2D eigenvalue weighted by molar-refractivity contribution is -0.379. The summed E-state index contributed by atoms with van der Waals surface area (Å²) in [4.78, 5) is 13.2. The normalized spacial score (nSPS) is 32.3. The third-order valence-electron chi connectivity index (χ3n) is 13.0. The fraction of sp³-hybridized carbons (Fsp3) is 0.759. The summed E-state index contributed by atoms with van der Waals surface area (Å²) in [6.07, 6.45) is 14.9. The molecule has 0 spiro atoms. The molecular weight excluding hydrogens is 951 g/mol. The first-order valence-electron chi connectivity index (χ1n) is 26.7. The van der Waals surface area contributed by atoms with Gasteiger partial charge in [-0.2, -0.15) is 0 Å². The molecule has 0 bridgehead atoms. The van der Waals surface area contributed by atoms with E-state index in [-0.39, 0.29) is 12.3 Å². The Bertz CT molecular complexity index is 1620. The maximum absolute atomic E-state index is 13.2. The van der Waals surface area contributed by atoms with Gasteiger partial charge in [0.25, 0.3) is 0 Å². The summed E-state index contributed by atoms with van der Waals surface area (Å²) in [5.41, 5.74) is 0. The second-order valence-electron chi connectivity index (χ2n) is 18.9. The Hall–Kier alpha value is -2.77. The van der Waals surface area contributed by atoms with Crippen molar-refractivity contribution in [2.45, 2.75) is 234 Å². The first-order valence-corrected chi connectivity index (χ1v) is 26.7. The van der Waals surface area contributed by atoms with Crippen LogP contribution in [0.1, 0.15) is 129 Å². The molecule has 0 saturated carbocycles. The molecule has 0 aromatic heterocycles. The van der Waals surface area contributed by atoms with E-state index in [1.54, 1.807) is 6.08 Å². The summed E-state index contributed by atoms with van der Waals surface area (Å²) >= 11 is 0. The van der Waals surface area contributed by atoms with Crippen LogP contribution in [0.25, 0.3) is 0 Å². The second-order valence-corrected chi connectivity index (χ2v) is 18.9. The number of allylic oxidation sites excluding steroid dienone is 11. The van der Waals surface area contributed by atoms with Crippen molar-refractivity contribution in [2.75, 3.05) is 26.4 Å². The number of nitrogens with one attached hydrogen (secondary N) is 1. The van der Waals surface area contributed by atoms with Crippen molar-refractivity contribution in [3.63, 3.8) is 0 Å². The highest BCUT2D eigenvalue weighted by atomic mass is 16.8. The topological polar surface area (TPSA) is 307 Å². The van der Waals surface area contributed by atoms with Crippen LogP contribution in [-0.4, -0.2) is 193 Å². The highest BCUT2D eigenvalue weighted by Gasteiger charge is 2.53. The summed E-state index contributed by atoms with van der Waals surface area (Å²) in [6.45, 7) is 1.48. The molecule has 17 atom stereocenters. The molecular formula is C54H91NO18. The molecule has 420 valence electrons. The van der Waals surface area contributed by atoms with Crippen molar-refractivity contribution in [2.24, 2.45) is 0 Å². The van der Waals surface area contributed by atoms with E-state index in [0.717, 1.165) is 38.5 Å². The summed E-state index contributed by atoms with van der Waals surface area (Å²) in [5, 5.41) is 120. The van der Waals surface area contributed by atoms with Gasteiger partial charge in [-0.1, -0.05) is 138 Å². The minimum Gasteiger partial charge on any atom is -0.394 e. The monoisotopic (exact) mass is 1040 g/mol. The molecule has 17 unspecified atom stereocenters. The number of hydrogen-bond acceptors (Lipinski definition) is 18. The number of hydrogen-bond donors (Lipinski definition) is 12. The zero-order chi connectivity index (χ0) is 53.4. The molecule has 19 nitrogen and oxygen atoms in total. The number of rotatable bonds is 36. The van der Waals surface area contributed by atoms with E-state index < -0.39 is 131 Å². The average molecular weight is 1040 g/mol. The van der Waals surface area contributed by atoms with Gasteiger partial charge in [-0.05, 0) is 57.8 Å². The molecule has 19 heteroatoms. The molecule has 3 heterocycles. The first kappa shape index (κ1) is 64.5. The number of ether oxygens (including phenoxy) is 6. The highest BCUT2D eigenvalue weighted by molar-refractivity contribution is 5.76. The zero-order valence-electron chi connectivity index (χ0n) is 43.1. The van der Waals surface area contributed by atoms with Gasteiger partial charge < -0.3 is 89.9 Å². The van der Waals surface area contributed by atoms with E-state index in [4.69, 9.17) is 28.4 Å². The lowest BCUT2D eigenvalue weighted by Gasteiger charge is -2.48. The molecule has 1 amide bonds. The van der Waals surface area contributed by atoms with Crippen LogP contribution in [0, 0.1) is 0 Å². The molecule has 0 aromatic carbocycles. The summed E-state index contributed by atoms with van der Waals surface area (Å²) in [6, 6.07) is -1.03. The number of unbranched alkanes of at least 4 members (excludes halogenated alkanes) is 10. The molecule has 0 radical (unpaired) electrons. The molecule has 12 N–H and O–H groups in total. The Morgan fingerprint density at radius 1 is 0.507 bits per heavy atom. The van der Waals surface area contributed by atoms with Gasteiger partial charge in [-0.15, -0.1) is 0 Å². The van der Waals surface area contributed by atoms with Crippen LogP contribution in [0.2, 0.25) is 0 Å². The number of aliphatic hydroxyl groups is 11. The Morgan fingerprint density at radius 3 is 1.52 bits per heavy atom. The van der Waals surface area contributed by atoms with E-state index in [9.17, 15) is 61.0 Å². The van der Waals surface area contributed by atoms with Gasteiger partial charge in [-0.25, -0.2) is 0 Å². The lowest BCUT2D eigenvalue weighted by Crippen LogP contribution is -2.66. The van der Waals surface area contributed by atoms with Crippen LogP contribution in [-0.2, 0) is 33.2 Å². The number of carbonyl (C=O) groups excluding carboxylic acids is 1. The van der Waals surface area contributed by atoms with Gasteiger partial charge in [0.2, 0.25) is 5.91 Å². The van der Waals surface area contributed by atoms with Crippen molar-refractivity contribution >= 4 is 5.91 Å². The third-order valence-corrected chi connectivity index (χ3v) is 13.0. The molecule has 3 aliphatic rings. The van der Waals surface area contributed by atoms with Crippen LogP contribution in [0.5, 0.6) is 0 Å². The summed E-state index contributed by atoms with van der Waals surface area (Å²) in [7, 11) is 0. The van der Waals surface area contributed by atoms with E-state index >= 15 is 0 Å². The van der Waals surface area contributed by atoms with E-state index in [1.165, 1.54) is 51.4 Å². The minimum atomic E-state index is -1.99. The summed E-state index contributed by atoms with van der Waals surface area (Å²) < 4.78 is 34.1.